The van der Waals surface area contributed by atoms with Crippen LogP contribution in [0.5, 0.6) is 0 Å². The fraction of sp³-hybridized carbons (Fsp3) is 0.350. The minimum absolute atomic E-state index is 0.656. The summed E-state index contributed by atoms with van der Waals surface area (Å²) in [5, 5.41) is 0. The molecule has 1 aliphatic carbocycles. The van der Waals surface area contributed by atoms with Crippen LogP contribution in [0.1, 0.15) is 43.0 Å². The molecule has 0 saturated heterocycles. The van der Waals surface area contributed by atoms with E-state index in [-0.39, 0.29) is 0 Å². The number of hydrogen-bond acceptors (Lipinski definition) is 1. The lowest BCUT2D eigenvalue weighted by Gasteiger charge is -2.13. The Kier molecular flexibility index (Phi) is 3.67. The molecule has 1 heterocycles. The van der Waals surface area contributed by atoms with E-state index in [2.05, 4.69) is 59.2 Å². The van der Waals surface area contributed by atoms with Crippen LogP contribution in [0.3, 0.4) is 0 Å². The van der Waals surface area contributed by atoms with Crippen molar-refractivity contribution >= 4 is 11.0 Å². The molecule has 2 nitrogen and oxygen atoms in total. The Bertz CT molecular complexity index is 752. The van der Waals surface area contributed by atoms with Gasteiger partial charge in [0.25, 0.3) is 0 Å². The highest BCUT2D eigenvalue weighted by Crippen LogP contribution is 2.35. The summed E-state index contributed by atoms with van der Waals surface area (Å²) in [6.45, 7) is 1.02. The Labute approximate surface area is 131 Å². The van der Waals surface area contributed by atoms with Gasteiger partial charge < -0.3 is 4.57 Å². The van der Waals surface area contributed by atoms with Gasteiger partial charge in [0.1, 0.15) is 5.82 Å². The van der Waals surface area contributed by atoms with E-state index in [1.165, 1.54) is 42.6 Å². The minimum Gasteiger partial charge on any atom is -0.327 e. The number of fused-ring (bicyclic) bond motifs is 1. The first-order valence-corrected chi connectivity index (χ1v) is 8.41. The molecule has 1 fully saturated rings. The molecular weight excluding hydrogens is 268 g/mol. The van der Waals surface area contributed by atoms with E-state index in [4.69, 9.17) is 4.98 Å². The molecule has 3 aromatic rings. The molecule has 0 amide bonds. The smallest absolute Gasteiger partial charge is 0.112 e. The van der Waals surface area contributed by atoms with Gasteiger partial charge in [0.15, 0.2) is 0 Å². The second-order valence-electron chi connectivity index (χ2n) is 6.33. The lowest BCUT2D eigenvalue weighted by molar-refractivity contribution is 0.591. The second kappa shape index (κ2) is 5.96. The van der Waals surface area contributed by atoms with E-state index < -0.39 is 0 Å². The molecule has 0 N–H and O–H groups in total. The third kappa shape index (κ3) is 2.54. The second-order valence-corrected chi connectivity index (χ2v) is 6.33. The Morgan fingerprint density at radius 3 is 2.45 bits per heavy atom. The van der Waals surface area contributed by atoms with E-state index in [9.17, 15) is 0 Å². The van der Waals surface area contributed by atoms with E-state index in [1.807, 2.05) is 0 Å². The van der Waals surface area contributed by atoms with Crippen molar-refractivity contribution in [3.05, 3.63) is 66.0 Å². The van der Waals surface area contributed by atoms with Gasteiger partial charge in [-0.3, -0.25) is 0 Å². The average molecular weight is 290 g/mol. The molecule has 1 aliphatic rings. The molecule has 1 saturated carbocycles. The molecule has 0 atom stereocenters. The van der Waals surface area contributed by atoms with E-state index in [0.29, 0.717) is 5.92 Å². The molecule has 4 rings (SSSR count). The van der Waals surface area contributed by atoms with Crippen molar-refractivity contribution < 1.29 is 0 Å². The SMILES string of the molecule is c1ccc(CCn2c(C3CCCC3)nc3ccccc32)cc1. The number of rotatable bonds is 4. The van der Waals surface area contributed by atoms with Crippen LogP contribution in [-0.2, 0) is 13.0 Å². The van der Waals surface area contributed by atoms with Gasteiger partial charge in [0, 0.05) is 12.5 Å². The minimum atomic E-state index is 0.656. The third-order valence-electron chi connectivity index (χ3n) is 4.87. The zero-order valence-corrected chi connectivity index (χ0v) is 12.9. The Balaban J connectivity index is 1.69. The van der Waals surface area contributed by atoms with Gasteiger partial charge in [0.05, 0.1) is 11.0 Å². The summed E-state index contributed by atoms with van der Waals surface area (Å²) >= 11 is 0. The molecule has 2 aromatic carbocycles. The van der Waals surface area contributed by atoms with Gasteiger partial charge >= 0.3 is 0 Å². The van der Waals surface area contributed by atoms with E-state index >= 15 is 0 Å². The van der Waals surface area contributed by atoms with Crippen LogP contribution in [0.15, 0.2) is 54.6 Å². The van der Waals surface area contributed by atoms with Gasteiger partial charge in [-0.15, -0.1) is 0 Å². The third-order valence-corrected chi connectivity index (χ3v) is 4.87. The maximum atomic E-state index is 4.97. The fourth-order valence-corrected chi connectivity index (χ4v) is 3.71. The zero-order chi connectivity index (χ0) is 14.8. The molecule has 0 spiro atoms. The summed E-state index contributed by atoms with van der Waals surface area (Å²) in [7, 11) is 0. The molecule has 0 aliphatic heterocycles. The monoisotopic (exact) mass is 290 g/mol. The maximum Gasteiger partial charge on any atom is 0.112 e. The predicted molar refractivity (Wildman–Crippen MR) is 91.1 cm³/mol. The number of aromatic nitrogens is 2. The standard InChI is InChI=1S/C20H22N2/c1-2-8-16(9-3-1)14-15-22-19-13-7-6-12-18(19)21-20(22)17-10-4-5-11-17/h1-3,6-9,12-13,17H,4-5,10-11,14-15H2. The summed E-state index contributed by atoms with van der Waals surface area (Å²) < 4.78 is 2.47. The molecule has 0 radical (unpaired) electrons. The topological polar surface area (TPSA) is 17.8 Å². The number of aryl methyl sites for hydroxylation is 2. The lowest BCUT2D eigenvalue weighted by atomic mass is 10.1. The van der Waals surface area contributed by atoms with Crippen molar-refractivity contribution in [3.8, 4) is 0 Å². The number of benzene rings is 2. The van der Waals surface area contributed by atoms with Crippen LogP contribution in [0.4, 0.5) is 0 Å². The summed E-state index contributed by atoms with van der Waals surface area (Å²) in [5.41, 5.74) is 3.84. The van der Waals surface area contributed by atoms with Gasteiger partial charge in [-0.2, -0.15) is 0 Å². The van der Waals surface area contributed by atoms with Crippen molar-refractivity contribution in [1.29, 1.82) is 0 Å². The molecule has 0 bridgehead atoms. The van der Waals surface area contributed by atoms with Crippen LogP contribution in [0.25, 0.3) is 11.0 Å². The fourth-order valence-electron chi connectivity index (χ4n) is 3.71. The van der Waals surface area contributed by atoms with E-state index in [0.717, 1.165) is 18.5 Å². The summed E-state index contributed by atoms with van der Waals surface area (Å²) in [4.78, 5) is 4.97. The molecule has 2 heteroatoms. The van der Waals surface area contributed by atoms with Gasteiger partial charge in [-0.1, -0.05) is 55.3 Å². The highest BCUT2D eigenvalue weighted by atomic mass is 15.1. The molecular formula is C20H22N2. The molecule has 22 heavy (non-hydrogen) atoms. The number of hydrogen-bond donors (Lipinski definition) is 0. The first-order valence-electron chi connectivity index (χ1n) is 8.41. The first kappa shape index (κ1) is 13.6. The largest absolute Gasteiger partial charge is 0.327 e. The predicted octanol–water partition coefficient (Wildman–Crippen LogP) is 4.94. The Morgan fingerprint density at radius 1 is 0.909 bits per heavy atom. The summed E-state index contributed by atoms with van der Waals surface area (Å²) in [6.07, 6.45) is 6.38. The number of para-hydroxylation sites is 2. The van der Waals surface area contributed by atoms with Crippen LogP contribution in [0.2, 0.25) is 0 Å². The number of imidazole rings is 1. The molecule has 1 aromatic heterocycles. The summed E-state index contributed by atoms with van der Waals surface area (Å²) in [5.74, 6) is 1.97. The number of nitrogens with zero attached hydrogens (tertiary/aromatic N) is 2. The van der Waals surface area contributed by atoms with Crippen LogP contribution < -0.4 is 0 Å². The summed E-state index contributed by atoms with van der Waals surface area (Å²) in [6, 6.07) is 19.3. The van der Waals surface area contributed by atoms with Crippen molar-refractivity contribution in [2.24, 2.45) is 0 Å². The van der Waals surface area contributed by atoms with Crippen molar-refractivity contribution in [1.82, 2.24) is 9.55 Å². The van der Waals surface area contributed by atoms with Crippen LogP contribution in [0, 0.1) is 0 Å². The maximum absolute atomic E-state index is 4.97. The highest BCUT2D eigenvalue weighted by molar-refractivity contribution is 5.76. The zero-order valence-electron chi connectivity index (χ0n) is 12.9. The van der Waals surface area contributed by atoms with Gasteiger partial charge in [-0.05, 0) is 37.0 Å². The van der Waals surface area contributed by atoms with E-state index in [1.54, 1.807) is 0 Å². The first-order chi connectivity index (χ1) is 10.9. The quantitative estimate of drug-likeness (QED) is 0.665. The Hall–Kier alpha value is -2.09. The highest BCUT2D eigenvalue weighted by Gasteiger charge is 2.23. The average Bonchev–Trinajstić information content (AvgIpc) is 3.21. The van der Waals surface area contributed by atoms with Crippen LogP contribution >= 0.6 is 0 Å². The van der Waals surface area contributed by atoms with Crippen molar-refractivity contribution in [2.45, 2.75) is 44.6 Å². The van der Waals surface area contributed by atoms with Crippen LogP contribution in [-0.4, -0.2) is 9.55 Å². The molecule has 0 unspecified atom stereocenters. The normalized spacial score (nSPS) is 15.6. The van der Waals surface area contributed by atoms with Gasteiger partial charge in [0.2, 0.25) is 0 Å². The molecule has 112 valence electrons. The van der Waals surface area contributed by atoms with Crippen molar-refractivity contribution in [2.75, 3.05) is 0 Å². The van der Waals surface area contributed by atoms with Gasteiger partial charge in [-0.25, -0.2) is 4.98 Å². The lowest BCUT2D eigenvalue weighted by Crippen LogP contribution is -2.09. The Morgan fingerprint density at radius 2 is 1.64 bits per heavy atom. The van der Waals surface area contributed by atoms with Crippen molar-refractivity contribution in [3.63, 3.8) is 0 Å².